The number of nitrogens with zero attached hydrogens (tertiary/aromatic N) is 2. The van der Waals surface area contributed by atoms with Gasteiger partial charge in [-0.05, 0) is 40.5 Å². The molecule has 0 N–H and O–H groups in total. The van der Waals surface area contributed by atoms with Crippen molar-refractivity contribution in [1.29, 1.82) is 5.26 Å². The second kappa shape index (κ2) is 16.9. The van der Waals surface area contributed by atoms with Crippen LogP contribution in [-0.4, -0.2) is 30.0 Å². The van der Waals surface area contributed by atoms with E-state index in [2.05, 4.69) is 62.7 Å². The first-order chi connectivity index (χ1) is 13.1. The van der Waals surface area contributed by atoms with Crippen LogP contribution in [0, 0.1) is 11.3 Å². The van der Waals surface area contributed by atoms with Crippen LogP contribution >= 0.6 is 8.53 Å². The molecule has 0 saturated heterocycles. The SMILES string of the molecule is CC(C)N(C(C)C)P(OCCC#N)OCCCc1ccc[cH-]1.[Fe+2].c1cc[cH-]c1. The van der Waals surface area contributed by atoms with E-state index in [0.717, 1.165) is 12.8 Å². The first-order valence-corrected chi connectivity index (χ1v) is 10.8. The molecule has 0 aliphatic rings. The molecule has 4 nitrogen and oxygen atoms in total. The van der Waals surface area contributed by atoms with Gasteiger partial charge in [-0.25, -0.2) is 28.9 Å². The predicted octanol–water partition coefficient (Wildman–Crippen LogP) is 6.03. The molecule has 0 aliphatic heterocycles. The van der Waals surface area contributed by atoms with Gasteiger partial charge >= 0.3 is 17.1 Å². The summed E-state index contributed by atoms with van der Waals surface area (Å²) in [5.74, 6) is 0. The van der Waals surface area contributed by atoms with Crippen LogP contribution in [0.25, 0.3) is 0 Å². The Morgan fingerprint density at radius 2 is 1.68 bits per heavy atom. The van der Waals surface area contributed by atoms with Crippen molar-refractivity contribution in [2.24, 2.45) is 0 Å². The minimum absolute atomic E-state index is 0. The van der Waals surface area contributed by atoms with E-state index in [9.17, 15) is 0 Å². The van der Waals surface area contributed by atoms with E-state index in [1.165, 1.54) is 5.56 Å². The zero-order valence-electron chi connectivity index (χ0n) is 17.4. The molecule has 0 spiro atoms. The maximum atomic E-state index is 8.68. The Balaban J connectivity index is 0.00000105. The van der Waals surface area contributed by atoms with Gasteiger partial charge in [0.15, 0.2) is 0 Å². The summed E-state index contributed by atoms with van der Waals surface area (Å²) < 4.78 is 14.1. The number of hydrogen-bond donors (Lipinski definition) is 0. The molecule has 2 aromatic carbocycles. The zero-order chi connectivity index (χ0) is 19.9. The van der Waals surface area contributed by atoms with E-state index in [1.54, 1.807) is 0 Å². The van der Waals surface area contributed by atoms with Crippen LogP contribution in [0.3, 0.4) is 0 Å². The van der Waals surface area contributed by atoms with Gasteiger partial charge in [-0.3, -0.25) is 0 Å². The van der Waals surface area contributed by atoms with Gasteiger partial charge in [0.2, 0.25) is 0 Å². The van der Waals surface area contributed by atoms with Crippen molar-refractivity contribution in [1.82, 2.24) is 4.67 Å². The molecule has 0 aliphatic carbocycles. The maximum Gasteiger partial charge on any atom is 2.00 e. The molecule has 0 bridgehead atoms. The van der Waals surface area contributed by atoms with Crippen LogP contribution in [-0.2, 0) is 32.5 Å². The summed E-state index contributed by atoms with van der Waals surface area (Å²) in [4.78, 5) is 0. The van der Waals surface area contributed by atoms with Crippen LogP contribution in [0.1, 0.15) is 46.1 Å². The largest absolute Gasteiger partial charge is 2.00 e. The summed E-state index contributed by atoms with van der Waals surface area (Å²) in [6.07, 6.45) is 2.41. The summed E-state index contributed by atoms with van der Waals surface area (Å²) in [5.41, 5.74) is 1.35. The van der Waals surface area contributed by atoms with E-state index in [0.29, 0.717) is 31.7 Å². The van der Waals surface area contributed by atoms with Gasteiger partial charge in [0, 0.05) is 12.1 Å². The molecule has 0 amide bonds. The average Bonchev–Trinajstić information content (AvgIpc) is 3.34. The molecule has 0 saturated carbocycles. The van der Waals surface area contributed by atoms with Crippen molar-refractivity contribution in [3.8, 4) is 6.07 Å². The number of aryl methyl sites for hydroxylation is 1. The second-order valence-corrected chi connectivity index (χ2v) is 8.19. The Morgan fingerprint density at radius 3 is 2.14 bits per heavy atom. The van der Waals surface area contributed by atoms with Gasteiger partial charge in [0.05, 0.1) is 25.7 Å². The smallest absolute Gasteiger partial charge is 0.322 e. The van der Waals surface area contributed by atoms with Gasteiger partial charge in [-0.2, -0.15) is 41.2 Å². The molecular formula is C22H33FeN2O2P. The van der Waals surface area contributed by atoms with Crippen LogP contribution in [0.15, 0.2) is 54.6 Å². The summed E-state index contributed by atoms with van der Waals surface area (Å²) in [7, 11) is -1.10. The normalized spacial score (nSPS) is 11.6. The minimum atomic E-state index is -1.10. The molecular weight excluding hydrogens is 411 g/mol. The molecule has 0 aromatic heterocycles. The first kappa shape index (κ1) is 27.0. The molecule has 1 unspecified atom stereocenters. The van der Waals surface area contributed by atoms with Crippen molar-refractivity contribution < 1.29 is 26.1 Å². The Morgan fingerprint density at radius 1 is 1.04 bits per heavy atom. The van der Waals surface area contributed by atoms with Gasteiger partial charge < -0.3 is 9.05 Å². The van der Waals surface area contributed by atoms with Gasteiger partial charge in [-0.1, -0.05) is 0 Å². The topological polar surface area (TPSA) is 45.5 Å². The third-order valence-corrected chi connectivity index (χ3v) is 5.87. The molecule has 0 heterocycles. The monoisotopic (exact) mass is 444 g/mol. The standard InChI is InChI=1S/C17H28N2O2P.C5H5.Fe/c1-15(2)19(16(3)4)22(21-14-8-12-18)20-13-7-11-17-9-5-6-10-17;1-2-4-5-3-1;/h5-6,9-10,15-16H,7-8,11,13-14H2,1-4H3;1-5H;/q2*-1;+2. The van der Waals surface area contributed by atoms with Gasteiger partial charge in [0.1, 0.15) is 0 Å². The summed E-state index contributed by atoms with van der Waals surface area (Å²) >= 11 is 0. The quantitative estimate of drug-likeness (QED) is 0.184. The van der Waals surface area contributed by atoms with Crippen LogP contribution in [0.2, 0.25) is 0 Å². The molecule has 0 radical (unpaired) electrons. The predicted molar refractivity (Wildman–Crippen MR) is 114 cm³/mol. The van der Waals surface area contributed by atoms with E-state index < -0.39 is 8.53 Å². The van der Waals surface area contributed by atoms with E-state index in [1.807, 2.05) is 30.3 Å². The van der Waals surface area contributed by atoms with Crippen molar-refractivity contribution in [2.75, 3.05) is 13.2 Å². The molecule has 2 rings (SSSR count). The zero-order valence-corrected chi connectivity index (χ0v) is 19.4. The summed E-state index contributed by atoms with van der Waals surface area (Å²) in [5, 5.41) is 8.68. The molecule has 0 fully saturated rings. The van der Waals surface area contributed by atoms with Crippen LogP contribution in [0.5, 0.6) is 0 Å². The minimum Gasteiger partial charge on any atom is -0.322 e. The Bertz CT molecular complexity index is 569. The molecule has 156 valence electrons. The average molecular weight is 444 g/mol. The molecule has 6 heteroatoms. The van der Waals surface area contributed by atoms with Gasteiger partial charge in [0.25, 0.3) is 8.53 Å². The first-order valence-electron chi connectivity index (χ1n) is 9.64. The molecule has 28 heavy (non-hydrogen) atoms. The van der Waals surface area contributed by atoms with Crippen molar-refractivity contribution in [2.45, 2.75) is 59.0 Å². The van der Waals surface area contributed by atoms with E-state index in [4.69, 9.17) is 14.3 Å². The number of rotatable bonds is 11. The fourth-order valence-corrected chi connectivity index (χ4v) is 4.26. The third-order valence-electron chi connectivity index (χ3n) is 3.76. The van der Waals surface area contributed by atoms with Crippen LogP contribution < -0.4 is 0 Å². The fourth-order valence-electron chi connectivity index (χ4n) is 2.63. The second-order valence-electron chi connectivity index (χ2n) is 6.74. The summed E-state index contributed by atoms with van der Waals surface area (Å²) in [6, 6.07) is 21.2. The Hall–Kier alpha value is -0.981. The van der Waals surface area contributed by atoms with Crippen molar-refractivity contribution in [3.05, 3.63) is 60.2 Å². The fraction of sp³-hybridized carbons (Fsp3) is 0.500. The Kier molecular flexibility index (Phi) is 16.3. The Labute approximate surface area is 183 Å². The molecule has 1 atom stereocenters. The van der Waals surface area contributed by atoms with Gasteiger partial charge in [-0.15, -0.1) is 0 Å². The number of hydrogen-bond acceptors (Lipinski definition) is 4. The summed E-state index contributed by atoms with van der Waals surface area (Å²) in [6.45, 7) is 9.71. The van der Waals surface area contributed by atoms with E-state index >= 15 is 0 Å². The molecule has 2 aromatic rings. The van der Waals surface area contributed by atoms with E-state index in [-0.39, 0.29) is 17.1 Å². The maximum absolute atomic E-state index is 8.68. The number of nitriles is 1. The van der Waals surface area contributed by atoms with Crippen LogP contribution in [0.4, 0.5) is 0 Å². The van der Waals surface area contributed by atoms with Crippen molar-refractivity contribution in [3.63, 3.8) is 0 Å². The third kappa shape index (κ3) is 11.8. The van der Waals surface area contributed by atoms with Crippen molar-refractivity contribution >= 4 is 8.53 Å².